The predicted octanol–water partition coefficient (Wildman–Crippen LogP) is 3.87. The highest BCUT2D eigenvalue weighted by atomic mass is 32.2. The first-order chi connectivity index (χ1) is 12.8. The molecule has 0 bridgehead atoms. The van der Waals surface area contributed by atoms with E-state index >= 15 is 0 Å². The number of carbonyl (C=O) groups excluding carboxylic acids is 2. The van der Waals surface area contributed by atoms with Gasteiger partial charge in [0.15, 0.2) is 6.10 Å². The van der Waals surface area contributed by atoms with Crippen LogP contribution in [0.3, 0.4) is 0 Å². The molecule has 0 unspecified atom stereocenters. The molecule has 2 aromatic carbocycles. The molecular formula is C19H20N2O5S. The Balaban J connectivity index is 1.91. The van der Waals surface area contributed by atoms with E-state index in [1.807, 2.05) is 32.0 Å². The van der Waals surface area contributed by atoms with Crippen molar-refractivity contribution >= 4 is 35.0 Å². The van der Waals surface area contributed by atoms with E-state index in [9.17, 15) is 19.7 Å². The van der Waals surface area contributed by atoms with Crippen LogP contribution in [0.1, 0.15) is 18.1 Å². The van der Waals surface area contributed by atoms with Gasteiger partial charge in [-0.25, -0.2) is 0 Å². The zero-order valence-electron chi connectivity index (χ0n) is 15.2. The number of hydrogen-bond donors (Lipinski definition) is 1. The standard InChI is InChI=1S/C19H20N2O5S/c1-12-8-9-13(2)15(10-12)20-19(23)14(3)26-18(22)11-27-17-7-5-4-6-16(17)21(24)25/h4-10,14H,11H2,1-3H3,(H,20,23)/t14-/m1/s1. The average Bonchev–Trinajstić information content (AvgIpc) is 2.63. The molecule has 0 heterocycles. The minimum atomic E-state index is -0.983. The minimum Gasteiger partial charge on any atom is -0.452 e. The first kappa shape index (κ1) is 20.4. The number of amides is 1. The topological polar surface area (TPSA) is 98.5 Å². The largest absolute Gasteiger partial charge is 0.452 e. The number of benzene rings is 2. The van der Waals surface area contributed by atoms with E-state index in [0.717, 1.165) is 22.9 Å². The molecule has 0 aromatic heterocycles. The quantitative estimate of drug-likeness (QED) is 0.335. The van der Waals surface area contributed by atoms with Crippen LogP contribution in [0, 0.1) is 24.0 Å². The Kier molecular flexibility index (Phi) is 6.95. The van der Waals surface area contributed by atoms with Gasteiger partial charge in [-0.15, -0.1) is 11.8 Å². The lowest BCUT2D eigenvalue weighted by Gasteiger charge is -2.15. The SMILES string of the molecule is Cc1ccc(C)c(NC(=O)[C@@H](C)OC(=O)CSc2ccccc2[N+](=O)[O-])c1. The van der Waals surface area contributed by atoms with Crippen LogP contribution in [0.25, 0.3) is 0 Å². The maximum atomic E-state index is 12.2. The van der Waals surface area contributed by atoms with Crippen molar-refractivity contribution in [1.82, 2.24) is 0 Å². The molecule has 1 N–H and O–H groups in total. The summed E-state index contributed by atoms with van der Waals surface area (Å²) in [5.41, 5.74) is 2.49. The summed E-state index contributed by atoms with van der Waals surface area (Å²) >= 11 is 0.998. The Hall–Kier alpha value is -2.87. The van der Waals surface area contributed by atoms with Crippen LogP contribution in [0.5, 0.6) is 0 Å². The molecule has 0 aliphatic heterocycles. The van der Waals surface area contributed by atoms with Crippen molar-refractivity contribution in [2.45, 2.75) is 31.8 Å². The molecular weight excluding hydrogens is 368 g/mol. The number of rotatable bonds is 7. The van der Waals surface area contributed by atoms with Crippen molar-refractivity contribution in [1.29, 1.82) is 0 Å². The van der Waals surface area contributed by atoms with E-state index < -0.39 is 22.9 Å². The molecule has 27 heavy (non-hydrogen) atoms. The van der Waals surface area contributed by atoms with Crippen LogP contribution in [-0.2, 0) is 14.3 Å². The fourth-order valence-electron chi connectivity index (χ4n) is 2.26. The Bertz CT molecular complexity index is 869. The van der Waals surface area contributed by atoms with E-state index in [0.29, 0.717) is 10.6 Å². The third-order valence-corrected chi connectivity index (χ3v) is 4.77. The average molecular weight is 388 g/mol. The minimum absolute atomic E-state index is 0.0731. The molecule has 0 spiro atoms. The molecule has 142 valence electrons. The Morgan fingerprint density at radius 3 is 2.63 bits per heavy atom. The van der Waals surface area contributed by atoms with E-state index in [2.05, 4.69) is 5.32 Å². The van der Waals surface area contributed by atoms with Crippen molar-refractivity contribution in [3.8, 4) is 0 Å². The van der Waals surface area contributed by atoms with Gasteiger partial charge in [-0.1, -0.05) is 24.3 Å². The number of hydrogen-bond acceptors (Lipinski definition) is 6. The Morgan fingerprint density at radius 2 is 1.93 bits per heavy atom. The van der Waals surface area contributed by atoms with Gasteiger partial charge in [0.2, 0.25) is 0 Å². The van der Waals surface area contributed by atoms with Gasteiger partial charge in [0, 0.05) is 11.8 Å². The van der Waals surface area contributed by atoms with Crippen LogP contribution in [0.4, 0.5) is 11.4 Å². The number of nitro groups is 1. The van der Waals surface area contributed by atoms with Crippen LogP contribution >= 0.6 is 11.8 Å². The molecule has 0 saturated carbocycles. The maximum Gasteiger partial charge on any atom is 0.317 e. The van der Waals surface area contributed by atoms with Crippen molar-refractivity contribution < 1.29 is 19.2 Å². The van der Waals surface area contributed by atoms with Gasteiger partial charge in [-0.2, -0.15) is 0 Å². The monoisotopic (exact) mass is 388 g/mol. The second-order valence-corrected chi connectivity index (χ2v) is 6.97. The van der Waals surface area contributed by atoms with Gasteiger partial charge in [0.05, 0.1) is 15.6 Å². The normalized spacial score (nSPS) is 11.5. The molecule has 0 fully saturated rings. The molecule has 7 nitrogen and oxygen atoms in total. The van der Waals surface area contributed by atoms with Crippen LogP contribution < -0.4 is 5.32 Å². The van der Waals surface area contributed by atoms with Crippen molar-refractivity contribution in [2.24, 2.45) is 0 Å². The zero-order chi connectivity index (χ0) is 20.0. The number of anilines is 1. The van der Waals surface area contributed by atoms with Gasteiger partial charge in [0.1, 0.15) is 0 Å². The summed E-state index contributed by atoms with van der Waals surface area (Å²) in [7, 11) is 0. The first-order valence-corrected chi connectivity index (χ1v) is 9.20. The summed E-state index contributed by atoms with van der Waals surface area (Å²) in [5.74, 6) is -1.19. The summed E-state index contributed by atoms with van der Waals surface area (Å²) in [5, 5.41) is 13.7. The van der Waals surface area contributed by atoms with Gasteiger partial charge in [-0.3, -0.25) is 19.7 Å². The number of aryl methyl sites for hydroxylation is 2. The second-order valence-electron chi connectivity index (χ2n) is 5.95. The number of carbonyl (C=O) groups is 2. The van der Waals surface area contributed by atoms with Crippen LogP contribution in [-0.4, -0.2) is 28.7 Å². The summed E-state index contributed by atoms with van der Waals surface area (Å²) in [4.78, 5) is 35.1. The maximum absolute atomic E-state index is 12.2. The number of thioether (sulfide) groups is 1. The lowest BCUT2D eigenvalue weighted by Crippen LogP contribution is -2.30. The number of nitrogens with zero attached hydrogens (tertiary/aromatic N) is 1. The molecule has 8 heteroatoms. The highest BCUT2D eigenvalue weighted by Crippen LogP contribution is 2.28. The molecule has 1 amide bonds. The van der Waals surface area contributed by atoms with Crippen molar-refractivity contribution in [3.05, 3.63) is 63.7 Å². The smallest absolute Gasteiger partial charge is 0.317 e. The van der Waals surface area contributed by atoms with E-state index in [1.165, 1.54) is 13.0 Å². The van der Waals surface area contributed by atoms with Gasteiger partial charge in [0.25, 0.3) is 11.6 Å². The fourth-order valence-corrected chi connectivity index (χ4v) is 3.06. The number of nitro benzene ring substituents is 1. The van der Waals surface area contributed by atoms with Crippen molar-refractivity contribution in [3.63, 3.8) is 0 Å². The van der Waals surface area contributed by atoms with E-state index in [-0.39, 0.29) is 11.4 Å². The van der Waals surface area contributed by atoms with E-state index in [4.69, 9.17) is 4.74 Å². The molecule has 2 aromatic rings. The lowest BCUT2D eigenvalue weighted by atomic mass is 10.1. The predicted molar refractivity (Wildman–Crippen MR) is 104 cm³/mol. The summed E-state index contributed by atoms with van der Waals surface area (Å²) in [6.45, 7) is 5.27. The molecule has 2 rings (SSSR count). The summed E-state index contributed by atoms with van der Waals surface area (Å²) in [6.07, 6.45) is -0.983. The third-order valence-electron chi connectivity index (χ3n) is 3.74. The highest BCUT2D eigenvalue weighted by molar-refractivity contribution is 8.00. The van der Waals surface area contributed by atoms with Crippen LogP contribution in [0.2, 0.25) is 0 Å². The number of nitrogens with one attached hydrogen (secondary N) is 1. The Labute approximate surface area is 161 Å². The van der Waals surface area contributed by atoms with Gasteiger partial charge < -0.3 is 10.1 Å². The molecule has 1 atom stereocenters. The fraction of sp³-hybridized carbons (Fsp3) is 0.263. The van der Waals surface area contributed by atoms with Crippen molar-refractivity contribution in [2.75, 3.05) is 11.1 Å². The Morgan fingerprint density at radius 1 is 1.22 bits per heavy atom. The van der Waals surface area contributed by atoms with E-state index in [1.54, 1.807) is 18.2 Å². The summed E-state index contributed by atoms with van der Waals surface area (Å²) < 4.78 is 5.13. The summed E-state index contributed by atoms with van der Waals surface area (Å²) in [6, 6.07) is 11.8. The first-order valence-electron chi connectivity index (χ1n) is 8.21. The number of ether oxygens (including phenoxy) is 1. The third kappa shape index (κ3) is 5.82. The zero-order valence-corrected chi connectivity index (χ0v) is 16.0. The van der Waals surface area contributed by atoms with Crippen LogP contribution in [0.15, 0.2) is 47.4 Å². The van der Waals surface area contributed by atoms with Gasteiger partial charge >= 0.3 is 5.97 Å². The molecule has 0 aliphatic rings. The van der Waals surface area contributed by atoms with Gasteiger partial charge in [-0.05, 0) is 44.0 Å². The number of para-hydroxylation sites is 1. The number of esters is 1. The highest BCUT2D eigenvalue weighted by Gasteiger charge is 2.20. The lowest BCUT2D eigenvalue weighted by molar-refractivity contribution is -0.387. The molecule has 0 radical (unpaired) electrons. The second kappa shape index (κ2) is 9.18. The molecule has 0 aliphatic carbocycles. The molecule has 0 saturated heterocycles.